The van der Waals surface area contributed by atoms with Gasteiger partial charge in [0.25, 0.3) is 0 Å². The molecule has 2 amide bonds. The molecule has 0 aromatic carbocycles. The highest BCUT2D eigenvalue weighted by Gasteiger charge is 2.10. The van der Waals surface area contributed by atoms with Gasteiger partial charge in [0.05, 0.1) is 6.61 Å². The van der Waals surface area contributed by atoms with Crippen LogP contribution in [-0.4, -0.2) is 53.4 Å². The number of aliphatic hydroxyl groups is 1. The molecule has 0 aliphatic heterocycles. The number of aliphatic hydroxyl groups excluding tert-OH is 1. The first-order chi connectivity index (χ1) is 8.11. The number of carbonyl (C=O) groups is 2. The smallest absolute Gasteiger partial charge is 0.317 e. The number of nitrogens with zero attached hydrogens (tertiary/aromatic N) is 1. The van der Waals surface area contributed by atoms with E-state index >= 15 is 0 Å². The molecular formula is C11H22N2O4. The molecule has 0 aliphatic rings. The van der Waals surface area contributed by atoms with E-state index in [-0.39, 0.29) is 19.1 Å². The lowest BCUT2D eigenvalue weighted by atomic mass is 10.2. The molecule has 0 atom stereocenters. The first kappa shape index (κ1) is 15.7. The maximum absolute atomic E-state index is 11.6. The number of hydrogen-bond acceptors (Lipinski definition) is 3. The molecule has 0 aromatic heterocycles. The highest BCUT2D eigenvalue weighted by Crippen LogP contribution is 1.95. The molecule has 0 unspecified atom stereocenters. The largest absolute Gasteiger partial charge is 0.481 e. The van der Waals surface area contributed by atoms with E-state index in [1.807, 2.05) is 6.92 Å². The minimum Gasteiger partial charge on any atom is -0.481 e. The minimum atomic E-state index is -0.816. The van der Waals surface area contributed by atoms with Crippen molar-refractivity contribution in [3.8, 4) is 0 Å². The van der Waals surface area contributed by atoms with E-state index < -0.39 is 5.97 Å². The van der Waals surface area contributed by atoms with Crippen molar-refractivity contribution in [1.29, 1.82) is 0 Å². The monoisotopic (exact) mass is 246 g/mol. The van der Waals surface area contributed by atoms with Crippen molar-refractivity contribution in [3.63, 3.8) is 0 Å². The van der Waals surface area contributed by atoms with Crippen LogP contribution >= 0.6 is 0 Å². The number of rotatable bonds is 9. The molecule has 0 spiro atoms. The van der Waals surface area contributed by atoms with Crippen LogP contribution in [0.2, 0.25) is 0 Å². The molecule has 0 saturated carbocycles. The van der Waals surface area contributed by atoms with Crippen molar-refractivity contribution in [3.05, 3.63) is 0 Å². The lowest BCUT2D eigenvalue weighted by Crippen LogP contribution is -2.42. The number of aliphatic carboxylic acids is 1. The van der Waals surface area contributed by atoms with Gasteiger partial charge in [0, 0.05) is 26.1 Å². The number of amides is 2. The van der Waals surface area contributed by atoms with Gasteiger partial charge in [0.2, 0.25) is 0 Å². The average Bonchev–Trinajstić information content (AvgIpc) is 2.27. The second-order valence-corrected chi connectivity index (χ2v) is 3.79. The molecule has 0 radical (unpaired) electrons. The predicted molar refractivity (Wildman–Crippen MR) is 63.8 cm³/mol. The molecule has 0 heterocycles. The van der Waals surface area contributed by atoms with Crippen LogP contribution in [0.3, 0.4) is 0 Å². The first-order valence-corrected chi connectivity index (χ1v) is 5.97. The third-order valence-electron chi connectivity index (χ3n) is 2.24. The fraction of sp³-hybridized carbons (Fsp3) is 0.818. The summed E-state index contributed by atoms with van der Waals surface area (Å²) in [6.07, 6.45) is 2.18. The van der Waals surface area contributed by atoms with Crippen molar-refractivity contribution in [2.75, 3.05) is 26.2 Å². The Morgan fingerprint density at radius 2 is 1.94 bits per heavy atom. The summed E-state index contributed by atoms with van der Waals surface area (Å²) in [6.45, 7) is 3.32. The standard InChI is InChI=1S/C11H22N2O4/c1-2-7-13(8-9-14)11(17)12-6-4-3-5-10(15)16/h14H,2-9H2,1H3,(H,12,17)(H,15,16). The van der Waals surface area contributed by atoms with Crippen molar-refractivity contribution in [2.24, 2.45) is 0 Å². The van der Waals surface area contributed by atoms with Crippen LogP contribution in [0.1, 0.15) is 32.6 Å². The van der Waals surface area contributed by atoms with Gasteiger partial charge in [-0.1, -0.05) is 6.92 Å². The number of hydrogen-bond donors (Lipinski definition) is 3. The van der Waals surface area contributed by atoms with Crippen molar-refractivity contribution < 1.29 is 19.8 Å². The van der Waals surface area contributed by atoms with E-state index in [0.29, 0.717) is 32.5 Å². The van der Waals surface area contributed by atoms with Gasteiger partial charge in [-0.15, -0.1) is 0 Å². The summed E-state index contributed by atoms with van der Waals surface area (Å²) in [5, 5.41) is 19.9. The summed E-state index contributed by atoms with van der Waals surface area (Å²) < 4.78 is 0. The highest BCUT2D eigenvalue weighted by atomic mass is 16.4. The fourth-order valence-corrected chi connectivity index (χ4v) is 1.41. The molecule has 0 aromatic rings. The zero-order valence-electron chi connectivity index (χ0n) is 10.3. The molecular weight excluding hydrogens is 224 g/mol. The minimum absolute atomic E-state index is 0.0492. The highest BCUT2D eigenvalue weighted by molar-refractivity contribution is 5.74. The number of nitrogens with one attached hydrogen (secondary N) is 1. The Bertz CT molecular complexity index is 228. The summed E-state index contributed by atoms with van der Waals surface area (Å²) in [7, 11) is 0. The Labute approximate surface area is 102 Å². The summed E-state index contributed by atoms with van der Waals surface area (Å²) in [5.74, 6) is -0.816. The van der Waals surface area contributed by atoms with Gasteiger partial charge in [-0.25, -0.2) is 4.79 Å². The predicted octanol–water partition coefficient (Wildman–Crippen LogP) is 0.655. The lowest BCUT2D eigenvalue weighted by Gasteiger charge is -2.21. The van der Waals surface area contributed by atoms with Crippen LogP contribution in [0, 0.1) is 0 Å². The van der Waals surface area contributed by atoms with E-state index in [9.17, 15) is 9.59 Å². The van der Waals surface area contributed by atoms with Crippen molar-refractivity contribution >= 4 is 12.0 Å². The number of urea groups is 1. The van der Waals surface area contributed by atoms with Gasteiger partial charge in [-0.2, -0.15) is 0 Å². The van der Waals surface area contributed by atoms with Gasteiger partial charge in [0.1, 0.15) is 0 Å². The quantitative estimate of drug-likeness (QED) is 0.521. The molecule has 0 rings (SSSR count). The average molecular weight is 246 g/mol. The van der Waals surface area contributed by atoms with Crippen LogP contribution < -0.4 is 5.32 Å². The lowest BCUT2D eigenvalue weighted by molar-refractivity contribution is -0.137. The van der Waals surface area contributed by atoms with Gasteiger partial charge in [0.15, 0.2) is 0 Å². The van der Waals surface area contributed by atoms with Gasteiger partial charge in [-0.3, -0.25) is 4.79 Å². The van der Waals surface area contributed by atoms with E-state index in [0.717, 1.165) is 6.42 Å². The van der Waals surface area contributed by atoms with E-state index in [1.54, 1.807) is 4.90 Å². The number of unbranched alkanes of at least 4 members (excludes halogenated alkanes) is 1. The topological polar surface area (TPSA) is 89.9 Å². The Kier molecular flexibility index (Phi) is 9.14. The molecule has 0 saturated heterocycles. The van der Waals surface area contributed by atoms with Crippen molar-refractivity contribution in [2.45, 2.75) is 32.6 Å². The van der Waals surface area contributed by atoms with Gasteiger partial charge >= 0.3 is 12.0 Å². The van der Waals surface area contributed by atoms with E-state index in [1.165, 1.54) is 0 Å². The molecule has 0 aliphatic carbocycles. The summed E-state index contributed by atoms with van der Waals surface area (Å²) >= 11 is 0. The number of carboxylic acid groups (broad SMARTS) is 1. The zero-order valence-corrected chi connectivity index (χ0v) is 10.3. The fourth-order valence-electron chi connectivity index (χ4n) is 1.41. The van der Waals surface area contributed by atoms with E-state index in [2.05, 4.69) is 5.32 Å². The summed E-state index contributed by atoms with van der Waals surface area (Å²) in [6, 6.07) is -0.198. The Morgan fingerprint density at radius 1 is 1.24 bits per heavy atom. The maximum atomic E-state index is 11.6. The normalized spacial score (nSPS) is 10.0. The molecule has 0 fully saturated rings. The van der Waals surface area contributed by atoms with Crippen LogP contribution in [0.25, 0.3) is 0 Å². The summed E-state index contributed by atoms with van der Waals surface area (Å²) in [5.41, 5.74) is 0. The Morgan fingerprint density at radius 3 is 2.47 bits per heavy atom. The maximum Gasteiger partial charge on any atom is 0.317 e. The molecule has 100 valence electrons. The van der Waals surface area contributed by atoms with Gasteiger partial charge in [-0.05, 0) is 19.3 Å². The third kappa shape index (κ3) is 8.50. The van der Waals surface area contributed by atoms with Crippen LogP contribution in [0.5, 0.6) is 0 Å². The number of carbonyl (C=O) groups excluding carboxylic acids is 1. The van der Waals surface area contributed by atoms with Crippen LogP contribution in [0.4, 0.5) is 4.79 Å². The van der Waals surface area contributed by atoms with Crippen LogP contribution in [0.15, 0.2) is 0 Å². The van der Waals surface area contributed by atoms with Gasteiger partial charge < -0.3 is 20.4 Å². The first-order valence-electron chi connectivity index (χ1n) is 5.97. The SMILES string of the molecule is CCCN(CCO)C(=O)NCCCCC(=O)O. The molecule has 3 N–H and O–H groups in total. The molecule has 6 heteroatoms. The molecule has 0 bridgehead atoms. The van der Waals surface area contributed by atoms with E-state index in [4.69, 9.17) is 10.2 Å². The molecule has 17 heavy (non-hydrogen) atoms. The third-order valence-corrected chi connectivity index (χ3v) is 2.24. The second-order valence-electron chi connectivity index (χ2n) is 3.79. The Balaban J connectivity index is 3.70. The second kappa shape index (κ2) is 9.89. The van der Waals surface area contributed by atoms with Crippen molar-refractivity contribution in [1.82, 2.24) is 10.2 Å². The number of carboxylic acids is 1. The zero-order chi connectivity index (χ0) is 13.1. The van der Waals surface area contributed by atoms with Crippen LogP contribution in [-0.2, 0) is 4.79 Å². The summed E-state index contributed by atoms with van der Waals surface area (Å²) in [4.78, 5) is 23.4. The Hall–Kier alpha value is -1.30. The molecule has 6 nitrogen and oxygen atoms in total.